The van der Waals surface area contributed by atoms with Gasteiger partial charge in [0.15, 0.2) is 6.61 Å². The Labute approximate surface area is 162 Å². The summed E-state index contributed by atoms with van der Waals surface area (Å²) in [4.78, 5) is 12.4. The molecular formula is C20H21N3O3S. The third kappa shape index (κ3) is 5.27. The number of hydrogen-bond donors (Lipinski definition) is 1. The molecule has 0 radical (unpaired) electrons. The molecule has 0 aliphatic carbocycles. The molecule has 0 aliphatic heterocycles. The van der Waals surface area contributed by atoms with Gasteiger partial charge in [-0.3, -0.25) is 4.79 Å². The Hall–Kier alpha value is -2.93. The molecule has 0 atom stereocenters. The molecule has 1 amide bonds. The number of nitrogens with zero attached hydrogens (tertiary/aromatic N) is 2. The molecule has 1 aromatic heterocycles. The van der Waals surface area contributed by atoms with E-state index in [0.29, 0.717) is 11.6 Å². The molecule has 3 rings (SSSR count). The van der Waals surface area contributed by atoms with Gasteiger partial charge >= 0.3 is 0 Å². The van der Waals surface area contributed by atoms with Crippen molar-refractivity contribution >= 4 is 23.8 Å². The van der Waals surface area contributed by atoms with Crippen molar-refractivity contribution in [3.05, 3.63) is 70.4 Å². The number of carbonyl (C=O) groups is 1. The van der Waals surface area contributed by atoms with Crippen molar-refractivity contribution < 1.29 is 13.9 Å². The second kappa shape index (κ2) is 8.64. The lowest BCUT2D eigenvalue weighted by Crippen LogP contribution is -2.19. The van der Waals surface area contributed by atoms with Crippen LogP contribution in [0, 0.1) is 11.8 Å². The molecule has 2 aromatic carbocycles. The quantitative estimate of drug-likeness (QED) is 0.616. The lowest BCUT2D eigenvalue weighted by molar-refractivity contribution is -0.117. The third-order valence-electron chi connectivity index (χ3n) is 3.97. The van der Waals surface area contributed by atoms with E-state index in [-0.39, 0.29) is 23.9 Å². The van der Waals surface area contributed by atoms with Gasteiger partial charge in [0.2, 0.25) is 5.91 Å². The number of carbonyl (C=O) groups excluding carboxylic acids is 1. The molecule has 0 unspecified atom stereocenters. The maximum Gasteiger partial charge on any atom is 0.287 e. The predicted molar refractivity (Wildman–Crippen MR) is 105 cm³/mol. The van der Waals surface area contributed by atoms with Gasteiger partial charge in [-0.05, 0) is 55.4 Å². The zero-order valence-corrected chi connectivity index (χ0v) is 16.1. The lowest BCUT2D eigenvalue weighted by Gasteiger charge is -2.05. The highest BCUT2D eigenvalue weighted by atomic mass is 32.1. The van der Waals surface area contributed by atoms with Crippen LogP contribution in [-0.2, 0) is 24.4 Å². The average molecular weight is 383 g/mol. The summed E-state index contributed by atoms with van der Waals surface area (Å²) in [5, 5.41) is 7.03. The number of nitrogens with one attached hydrogen (secondary N) is 1. The number of anilines is 1. The van der Waals surface area contributed by atoms with Crippen molar-refractivity contribution in [1.29, 1.82) is 0 Å². The Morgan fingerprint density at radius 1 is 1.19 bits per heavy atom. The minimum Gasteiger partial charge on any atom is -0.484 e. The summed E-state index contributed by atoms with van der Waals surface area (Å²) in [6, 6.07) is 15.4. The number of aryl methyl sites for hydroxylation is 2. The van der Waals surface area contributed by atoms with Crippen molar-refractivity contribution in [1.82, 2.24) is 9.78 Å². The Morgan fingerprint density at radius 3 is 2.56 bits per heavy atom. The van der Waals surface area contributed by atoms with Crippen LogP contribution in [0.2, 0.25) is 0 Å². The average Bonchev–Trinajstić information content (AvgIpc) is 3.01. The largest absolute Gasteiger partial charge is 0.484 e. The van der Waals surface area contributed by atoms with Crippen molar-refractivity contribution in [3.8, 4) is 5.75 Å². The van der Waals surface area contributed by atoms with Crippen molar-refractivity contribution in [2.24, 2.45) is 0 Å². The molecule has 7 heteroatoms. The second-order valence-corrected chi connectivity index (χ2v) is 6.47. The van der Waals surface area contributed by atoms with Gasteiger partial charge in [0, 0.05) is 5.69 Å². The van der Waals surface area contributed by atoms with E-state index in [0.717, 1.165) is 17.7 Å². The SMILES string of the molecule is CCc1ccc(NC(=O)Cn2nc(COc3ccc(C)cc3)oc2=S)cc1. The zero-order chi connectivity index (χ0) is 19.2. The number of rotatable bonds is 7. The van der Waals surface area contributed by atoms with Crippen LogP contribution in [0.1, 0.15) is 23.9 Å². The first-order valence-corrected chi connectivity index (χ1v) is 9.09. The molecule has 6 nitrogen and oxygen atoms in total. The van der Waals surface area contributed by atoms with E-state index < -0.39 is 0 Å². The molecule has 0 saturated carbocycles. The zero-order valence-electron chi connectivity index (χ0n) is 15.3. The van der Waals surface area contributed by atoms with Crippen LogP contribution in [0.3, 0.4) is 0 Å². The third-order valence-corrected chi connectivity index (χ3v) is 4.26. The van der Waals surface area contributed by atoms with Gasteiger partial charge in [0.25, 0.3) is 10.7 Å². The van der Waals surface area contributed by atoms with Crippen LogP contribution in [0.15, 0.2) is 52.9 Å². The van der Waals surface area contributed by atoms with E-state index in [4.69, 9.17) is 21.4 Å². The summed E-state index contributed by atoms with van der Waals surface area (Å²) < 4.78 is 12.4. The highest BCUT2D eigenvalue weighted by molar-refractivity contribution is 7.71. The lowest BCUT2D eigenvalue weighted by atomic mass is 10.1. The molecule has 27 heavy (non-hydrogen) atoms. The van der Waals surface area contributed by atoms with Crippen LogP contribution in [0.4, 0.5) is 5.69 Å². The molecule has 0 spiro atoms. The molecule has 0 bridgehead atoms. The first kappa shape index (κ1) is 18.8. The summed E-state index contributed by atoms with van der Waals surface area (Å²) in [6.07, 6.45) is 0.954. The molecule has 0 saturated heterocycles. The first-order chi connectivity index (χ1) is 13.0. The second-order valence-electron chi connectivity index (χ2n) is 6.12. The molecular weight excluding hydrogens is 362 g/mol. The van der Waals surface area contributed by atoms with E-state index in [1.807, 2.05) is 55.5 Å². The van der Waals surface area contributed by atoms with Gasteiger partial charge in [-0.25, -0.2) is 4.68 Å². The number of amides is 1. The van der Waals surface area contributed by atoms with Crippen molar-refractivity contribution in [3.63, 3.8) is 0 Å². The molecule has 1 heterocycles. The van der Waals surface area contributed by atoms with E-state index >= 15 is 0 Å². The number of hydrogen-bond acceptors (Lipinski definition) is 5. The molecule has 140 valence electrons. The minimum atomic E-state index is -0.227. The number of ether oxygens (including phenoxy) is 1. The Bertz CT molecular complexity index is 959. The summed E-state index contributed by atoms with van der Waals surface area (Å²) in [7, 11) is 0. The Balaban J connectivity index is 1.57. The smallest absolute Gasteiger partial charge is 0.287 e. The van der Waals surface area contributed by atoms with Crippen LogP contribution in [0.25, 0.3) is 0 Å². The fourth-order valence-electron chi connectivity index (χ4n) is 2.45. The summed E-state index contributed by atoms with van der Waals surface area (Å²) in [5.41, 5.74) is 3.10. The minimum absolute atomic E-state index is 0.0254. The molecule has 0 fully saturated rings. The highest BCUT2D eigenvalue weighted by Crippen LogP contribution is 2.14. The van der Waals surface area contributed by atoms with E-state index in [1.165, 1.54) is 10.2 Å². The topological polar surface area (TPSA) is 69.3 Å². The van der Waals surface area contributed by atoms with Crippen LogP contribution >= 0.6 is 12.2 Å². The van der Waals surface area contributed by atoms with Gasteiger partial charge in [-0.15, -0.1) is 5.10 Å². The monoisotopic (exact) mass is 383 g/mol. The van der Waals surface area contributed by atoms with Gasteiger partial charge in [0.1, 0.15) is 12.3 Å². The van der Waals surface area contributed by atoms with Crippen LogP contribution in [-0.4, -0.2) is 15.7 Å². The summed E-state index contributed by atoms with van der Waals surface area (Å²) in [6.45, 7) is 4.20. The van der Waals surface area contributed by atoms with E-state index in [2.05, 4.69) is 17.3 Å². The van der Waals surface area contributed by atoms with Crippen LogP contribution < -0.4 is 10.1 Å². The molecule has 1 N–H and O–H groups in total. The van der Waals surface area contributed by atoms with E-state index in [9.17, 15) is 4.79 Å². The normalized spacial score (nSPS) is 10.6. The van der Waals surface area contributed by atoms with Crippen LogP contribution in [0.5, 0.6) is 5.75 Å². The molecule has 0 aliphatic rings. The van der Waals surface area contributed by atoms with Gasteiger partial charge in [-0.1, -0.05) is 36.8 Å². The van der Waals surface area contributed by atoms with E-state index in [1.54, 1.807) is 0 Å². The van der Waals surface area contributed by atoms with Crippen molar-refractivity contribution in [2.45, 2.75) is 33.4 Å². The summed E-state index contributed by atoms with van der Waals surface area (Å²) in [5.74, 6) is 0.805. The Kier molecular flexibility index (Phi) is 6.03. The fourth-order valence-corrected chi connectivity index (χ4v) is 2.65. The standard InChI is InChI=1S/C20H21N3O3S/c1-3-15-6-8-16(9-7-15)21-18(24)12-23-20(27)26-19(22-23)13-25-17-10-4-14(2)5-11-17/h4-11H,3,12-13H2,1-2H3,(H,21,24). The summed E-state index contributed by atoms with van der Waals surface area (Å²) >= 11 is 5.13. The fraction of sp³-hybridized carbons (Fsp3) is 0.250. The van der Waals surface area contributed by atoms with Gasteiger partial charge in [0.05, 0.1) is 0 Å². The maximum absolute atomic E-state index is 12.2. The first-order valence-electron chi connectivity index (χ1n) is 8.68. The highest BCUT2D eigenvalue weighted by Gasteiger charge is 2.11. The van der Waals surface area contributed by atoms with Gasteiger partial charge < -0.3 is 14.5 Å². The van der Waals surface area contributed by atoms with Crippen molar-refractivity contribution in [2.75, 3.05) is 5.32 Å². The predicted octanol–water partition coefficient (Wildman–Crippen LogP) is 4.29. The van der Waals surface area contributed by atoms with Gasteiger partial charge in [-0.2, -0.15) is 0 Å². The maximum atomic E-state index is 12.2. The number of benzene rings is 2. The number of aromatic nitrogens is 2. The Morgan fingerprint density at radius 2 is 1.89 bits per heavy atom. The molecule has 3 aromatic rings.